The van der Waals surface area contributed by atoms with E-state index in [0.717, 1.165) is 5.56 Å². The number of benzene rings is 2. The number of hydrogen-bond donors (Lipinski definition) is 2. The van der Waals surface area contributed by atoms with Crippen LogP contribution in [-0.4, -0.2) is 56.3 Å². The molecule has 7 nitrogen and oxygen atoms in total. The number of anilines is 2. The fourth-order valence-electron chi connectivity index (χ4n) is 3.34. The van der Waals surface area contributed by atoms with Gasteiger partial charge in [-0.15, -0.1) is 0 Å². The van der Waals surface area contributed by atoms with Crippen LogP contribution in [0.1, 0.15) is 22.8 Å². The molecule has 2 aromatic rings. The zero-order valence-electron chi connectivity index (χ0n) is 16.1. The van der Waals surface area contributed by atoms with Crippen LogP contribution in [0.25, 0.3) is 0 Å². The molecular formula is C20H24FN3O4S. The minimum atomic E-state index is -3.48. The number of piperazine rings is 1. The maximum atomic E-state index is 13.4. The average molecular weight is 421 g/mol. The van der Waals surface area contributed by atoms with Gasteiger partial charge in [0.05, 0.1) is 17.0 Å². The minimum absolute atomic E-state index is 0.0554. The van der Waals surface area contributed by atoms with Gasteiger partial charge in [0.1, 0.15) is 5.82 Å². The van der Waals surface area contributed by atoms with Crippen LogP contribution in [0.15, 0.2) is 42.5 Å². The normalized spacial score (nSPS) is 15.3. The topological polar surface area (TPSA) is 90.0 Å². The number of rotatable bonds is 7. The van der Waals surface area contributed by atoms with Crippen LogP contribution in [0.4, 0.5) is 15.8 Å². The van der Waals surface area contributed by atoms with E-state index < -0.39 is 16.0 Å². The second-order valence-electron chi connectivity index (χ2n) is 6.94. The van der Waals surface area contributed by atoms with Crippen molar-refractivity contribution in [1.29, 1.82) is 0 Å². The first-order chi connectivity index (χ1) is 13.8. The van der Waals surface area contributed by atoms with Gasteiger partial charge in [-0.25, -0.2) is 17.6 Å². The first-order valence-corrected chi connectivity index (χ1v) is 11.0. The summed E-state index contributed by atoms with van der Waals surface area (Å²) in [6.45, 7) is 4.80. The molecule has 0 atom stereocenters. The molecule has 156 valence electrons. The number of carboxylic acid groups (broad SMARTS) is 1. The molecule has 0 radical (unpaired) electrons. The highest BCUT2D eigenvalue weighted by molar-refractivity contribution is 7.92. The fourth-order valence-corrected chi connectivity index (χ4v) is 3.97. The first-order valence-electron chi connectivity index (χ1n) is 9.37. The predicted octanol–water partition coefficient (Wildman–Crippen LogP) is 2.61. The van der Waals surface area contributed by atoms with Crippen molar-refractivity contribution in [2.45, 2.75) is 13.5 Å². The average Bonchev–Trinajstić information content (AvgIpc) is 2.68. The smallest absolute Gasteiger partial charge is 0.337 e. The van der Waals surface area contributed by atoms with E-state index in [9.17, 15) is 22.7 Å². The summed E-state index contributed by atoms with van der Waals surface area (Å²) in [4.78, 5) is 15.9. The number of hydrogen-bond acceptors (Lipinski definition) is 5. The minimum Gasteiger partial charge on any atom is -0.478 e. The zero-order chi connectivity index (χ0) is 21.0. The number of carbonyl (C=O) groups is 1. The van der Waals surface area contributed by atoms with E-state index >= 15 is 0 Å². The molecule has 1 saturated heterocycles. The molecule has 1 aliphatic rings. The summed E-state index contributed by atoms with van der Waals surface area (Å²) in [7, 11) is -3.48. The second kappa shape index (κ2) is 8.79. The van der Waals surface area contributed by atoms with Gasteiger partial charge in [-0.05, 0) is 42.8 Å². The monoisotopic (exact) mass is 421 g/mol. The van der Waals surface area contributed by atoms with Crippen LogP contribution in [0, 0.1) is 5.82 Å². The SMILES string of the molecule is CCS(=O)(=O)Nc1ccc(N2CCN(Cc3cccc(F)c3)CC2)c(C(=O)O)c1. The van der Waals surface area contributed by atoms with Gasteiger partial charge < -0.3 is 10.0 Å². The number of carboxylic acids is 1. The van der Waals surface area contributed by atoms with Crippen LogP contribution >= 0.6 is 0 Å². The van der Waals surface area contributed by atoms with Crippen molar-refractivity contribution < 1.29 is 22.7 Å². The Labute approximate surface area is 169 Å². The molecule has 0 spiro atoms. The summed E-state index contributed by atoms with van der Waals surface area (Å²) in [6.07, 6.45) is 0. The van der Waals surface area contributed by atoms with Gasteiger partial charge in [0.25, 0.3) is 0 Å². The lowest BCUT2D eigenvalue weighted by molar-refractivity contribution is 0.0697. The van der Waals surface area contributed by atoms with Gasteiger partial charge in [0.15, 0.2) is 0 Å². The Morgan fingerprint density at radius 3 is 2.48 bits per heavy atom. The van der Waals surface area contributed by atoms with E-state index in [0.29, 0.717) is 38.4 Å². The van der Waals surface area contributed by atoms with Gasteiger partial charge in [0.2, 0.25) is 10.0 Å². The molecule has 0 bridgehead atoms. The summed E-state index contributed by atoms with van der Waals surface area (Å²) in [5.41, 5.74) is 1.75. The predicted molar refractivity (Wildman–Crippen MR) is 110 cm³/mol. The highest BCUT2D eigenvalue weighted by Crippen LogP contribution is 2.26. The van der Waals surface area contributed by atoms with Crippen LogP contribution in [0.2, 0.25) is 0 Å². The molecule has 0 aromatic heterocycles. The molecule has 2 N–H and O–H groups in total. The summed E-state index contributed by atoms with van der Waals surface area (Å²) in [5, 5.41) is 9.60. The van der Waals surface area contributed by atoms with Crippen LogP contribution < -0.4 is 9.62 Å². The van der Waals surface area contributed by atoms with E-state index in [4.69, 9.17) is 0 Å². The van der Waals surface area contributed by atoms with Crippen LogP contribution in [0.5, 0.6) is 0 Å². The third-order valence-electron chi connectivity index (χ3n) is 4.89. The summed E-state index contributed by atoms with van der Waals surface area (Å²) >= 11 is 0. The summed E-state index contributed by atoms with van der Waals surface area (Å²) in [6, 6.07) is 11.1. The number of nitrogens with zero attached hydrogens (tertiary/aromatic N) is 2. The Kier molecular flexibility index (Phi) is 6.39. The molecule has 2 aromatic carbocycles. The highest BCUT2D eigenvalue weighted by atomic mass is 32.2. The molecule has 0 saturated carbocycles. The van der Waals surface area contributed by atoms with Crippen molar-refractivity contribution in [2.75, 3.05) is 41.6 Å². The maximum absolute atomic E-state index is 13.4. The van der Waals surface area contributed by atoms with E-state index in [1.807, 2.05) is 11.0 Å². The quantitative estimate of drug-likeness (QED) is 0.714. The Morgan fingerprint density at radius 2 is 1.86 bits per heavy atom. The zero-order valence-corrected chi connectivity index (χ0v) is 17.0. The lowest BCUT2D eigenvalue weighted by Crippen LogP contribution is -2.46. The molecule has 1 fully saturated rings. The van der Waals surface area contributed by atoms with Gasteiger partial charge >= 0.3 is 5.97 Å². The molecule has 0 unspecified atom stereocenters. The van der Waals surface area contributed by atoms with E-state index in [-0.39, 0.29) is 22.8 Å². The lowest BCUT2D eigenvalue weighted by atomic mass is 10.1. The molecule has 9 heteroatoms. The van der Waals surface area contributed by atoms with Crippen LogP contribution in [0.3, 0.4) is 0 Å². The number of nitrogens with one attached hydrogen (secondary N) is 1. The lowest BCUT2D eigenvalue weighted by Gasteiger charge is -2.36. The fraction of sp³-hybridized carbons (Fsp3) is 0.350. The van der Waals surface area contributed by atoms with Crippen molar-refractivity contribution >= 4 is 27.4 Å². The van der Waals surface area contributed by atoms with Crippen LogP contribution in [-0.2, 0) is 16.6 Å². The van der Waals surface area contributed by atoms with Gasteiger partial charge in [-0.2, -0.15) is 0 Å². The summed E-state index contributed by atoms with van der Waals surface area (Å²) in [5.74, 6) is -1.46. The van der Waals surface area contributed by atoms with Gasteiger partial charge in [0, 0.05) is 38.4 Å². The molecule has 29 heavy (non-hydrogen) atoms. The van der Waals surface area contributed by atoms with Crippen molar-refractivity contribution in [3.05, 3.63) is 59.4 Å². The standard InChI is InChI=1S/C20H24FN3O4S/c1-2-29(27,28)22-17-6-7-19(18(13-17)20(25)26)24-10-8-23(9-11-24)14-15-4-3-5-16(21)12-15/h3-7,12-13,22H,2,8-11,14H2,1H3,(H,25,26). The number of sulfonamides is 1. The van der Waals surface area contributed by atoms with Crippen molar-refractivity contribution in [2.24, 2.45) is 0 Å². The van der Waals surface area contributed by atoms with Crippen molar-refractivity contribution in [1.82, 2.24) is 4.90 Å². The van der Waals surface area contributed by atoms with E-state index in [1.54, 1.807) is 18.2 Å². The Morgan fingerprint density at radius 1 is 1.14 bits per heavy atom. The molecule has 1 aliphatic heterocycles. The van der Waals surface area contributed by atoms with Gasteiger partial charge in [-0.1, -0.05) is 12.1 Å². The Balaban J connectivity index is 1.70. The molecular weight excluding hydrogens is 397 g/mol. The number of halogens is 1. The number of aromatic carboxylic acids is 1. The molecule has 0 aliphatic carbocycles. The van der Waals surface area contributed by atoms with Crippen molar-refractivity contribution in [3.63, 3.8) is 0 Å². The highest BCUT2D eigenvalue weighted by Gasteiger charge is 2.22. The third-order valence-corrected chi connectivity index (χ3v) is 6.20. The van der Waals surface area contributed by atoms with Crippen molar-refractivity contribution in [3.8, 4) is 0 Å². The molecule has 3 rings (SSSR count). The maximum Gasteiger partial charge on any atom is 0.337 e. The van der Waals surface area contributed by atoms with Gasteiger partial charge in [-0.3, -0.25) is 9.62 Å². The second-order valence-corrected chi connectivity index (χ2v) is 8.95. The third kappa shape index (κ3) is 5.45. The largest absolute Gasteiger partial charge is 0.478 e. The first kappa shape index (κ1) is 21.1. The Bertz CT molecular complexity index is 989. The molecule has 0 amide bonds. The van der Waals surface area contributed by atoms with E-state index in [2.05, 4.69) is 9.62 Å². The summed E-state index contributed by atoms with van der Waals surface area (Å²) < 4.78 is 39.2. The molecule has 1 heterocycles. The van der Waals surface area contributed by atoms with E-state index in [1.165, 1.54) is 25.1 Å². The Hall–Kier alpha value is -2.65.